The van der Waals surface area contributed by atoms with Crippen LogP contribution >= 0.6 is 0 Å². The van der Waals surface area contributed by atoms with E-state index in [9.17, 15) is 4.79 Å². The summed E-state index contributed by atoms with van der Waals surface area (Å²) in [4.78, 5) is 14.7. The molecule has 1 aliphatic heterocycles. The number of nitrogens with zero attached hydrogens (tertiary/aromatic N) is 1. The molecule has 0 spiro atoms. The average Bonchev–Trinajstić information content (AvgIpc) is 2.52. The van der Waals surface area contributed by atoms with Crippen molar-refractivity contribution in [2.24, 2.45) is 5.92 Å². The molecule has 0 atom stereocenters. The summed E-state index contributed by atoms with van der Waals surface area (Å²) in [5.74, 6) is 0.431. The largest absolute Gasteiger partial charge is 0.352 e. The number of benzene rings is 1. The summed E-state index contributed by atoms with van der Waals surface area (Å²) in [6, 6.07) is 10.1. The standard InChI is InChI=1S/C17H26N2O/c1-2-3-11-19-12-9-16(10-13-19)17(20)18-14-15-7-5-4-6-8-15/h4-8,16H,2-3,9-14H2,1H3,(H,18,20). The van der Waals surface area contributed by atoms with Gasteiger partial charge in [-0.2, -0.15) is 0 Å². The van der Waals surface area contributed by atoms with Crippen LogP contribution in [-0.4, -0.2) is 30.4 Å². The second kappa shape index (κ2) is 8.05. The molecule has 1 aromatic carbocycles. The molecule has 1 heterocycles. The zero-order valence-electron chi connectivity index (χ0n) is 12.5. The van der Waals surface area contributed by atoms with E-state index >= 15 is 0 Å². The molecule has 1 aliphatic rings. The van der Waals surface area contributed by atoms with Crippen LogP contribution in [0.3, 0.4) is 0 Å². The van der Waals surface area contributed by atoms with Crippen LogP contribution in [0.5, 0.6) is 0 Å². The van der Waals surface area contributed by atoms with E-state index in [2.05, 4.69) is 17.1 Å². The molecule has 0 radical (unpaired) electrons. The van der Waals surface area contributed by atoms with Gasteiger partial charge in [-0.05, 0) is 44.5 Å². The summed E-state index contributed by atoms with van der Waals surface area (Å²) in [6.45, 7) is 6.21. The van der Waals surface area contributed by atoms with E-state index in [0.717, 1.165) is 25.9 Å². The van der Waals surface area contributed by atoms with E-state index in [1.54, 1.807) is 0 Å². The van der Waals surface area contributed by atoms with E-state index in [1.165, 1.54) is 24.9 Å². The van der Waals surface area contributed by atoms with Gasteiger partial charge >= 0.3 is 0 Å². The maximum Gasteiger partial charge on any atom is 0.223 e. The molecule has 1 N–H and O–H groups in total. The van der Waals surface area contributed by atoms with Crippen molar-refractivity contribution in [3.8, 4) is 0 Å². The van der Waals surface area contributed by atoms with Gasteiger partial charge in [0.25, 0.3) is 0 Å². The van der Waals surface area contributed by atoms with Gasteiger partial charge in [-0.3, -0.25) is 4.79 Å². The third kappa shape index (κ3) is 4.64. The first-order chi connectivity index (χ1) is 9.79. The van der Waals surface area contributed by atoms with Gasteiger partial charge in [0.1, 0.15) is 0 Å². The Kier molecular flexibility index (Phi) is 6.06. The van der Waals surface area contributed by atoms with Crippen LogP contribution < -0.4 is 5.32 Å². The van der Waals surface area contributed by atoms with E-state index in [1.807, 2.05) is 30.3 Å². The van der Waals surface area contributed by atoms with Gasteiger partial charge in [0.05, 0.1) is 0 Å². The number of hydrogen-bond acceptors (Lipinski definition) is 2. The number of piperidine rings is 1. The number of amides is 1. The van der Waals surface area contributed by atoms with Gasteiger partial charge in [-0.25, -0.2) is 0 Å². The Bertz CT molecular complexity index is 397. The Hall–Kier alpha value is -1.35. The Morgan fingerprint density at radius 1 is 1.25 bits per heavy atom. The van der Waals surface area contributed by atoms with Crippen molar-refractivity contribution in [2.45, 2.75) is 39.2 Å². The Labute approximate surface area is 122 Å². The van der Waals surface area contributed by atoms with Crippen LogP contribution in [0.1, 0.15) is 38.2 Å². The highest BCUT2D eigenvalue weighted by atomic mass is 16.1. The minimum Gasteiger partial charge on any atom is -0.352 e. The number of rotatable bonds is 6. The third-order valence-electron chi connectivity index (χ3n) is 4.10. The molecule has 110 valence electrons. The lowest BCUT2D eigenvalue weighted by molar-refractivity contribution is -0.126. The topological polar surface area (TPSA) is 32.3 Å². The smallest absolute Gasteiger partial charge is 0.223 e. The quantitative estimate of drug-likeness (QED) is 0.865. The maximum atomic E-state index is 12.2. The van der Waals surface area contributed by atoms with Crippen LogP contribution in [-0.2, 0) is 11.3 Å². The first-order valence-corrected chi connectivity index (χ1v) is 7.83. The van der Waals surface area contributed by atoms with Crippen molar-refractivity contribution in [1.82, 2.24) is 10.2 Å². The highest BCUT2D eigenvalue weighted by Gasteiger charge is 2.24. The van der Waals surface area contributed by atoms with Gasteiger partial charge in [0, 0.05) is 12.5 Å². The fourth-order valence-corrected chi connectivity index (χ4v) is 2.73. The molecule has 0 saturated carbocycles. The van der Waals surface area contributed by atoms with Crippen LogP contribution in [0, 0.1) is 5.92 Å². The van der Waals surface area contributed by atoms with Crippen LogP contribution in [0.15, 0.2) is 30.3 Å². The first kappa shape index (κ1) is 15.0. The summed E-state index contributed by atoms with van der Waals surface area (Å²) in [5.41, 5.74) is 1.17. The Balaban J connectivity index is 1.69. The van der Waals surface area contributed by atoms with Gasteiger partial charge in [0.15, 0.2) is 0 Å². The van der Waals surface area contributed by atoms with Crippen molar-refractivity contribution in [2.75, 3.05) is 19.6 Å². The third-order valence-corrected chi connectivity index (χ3v) is 4.10. The lowest BCUT2D eigenvalue weighted by Gasteiger charge is -2.31. The van der Waals surface area contributed by atoms with E-state index in [0.29, 0.717) is 6.54 Å². The van der Waals surface area contributed by atoms with Crippen LogP contribution in [0.4, 0.5) is 0 Å². The highest BCUT2D eigenvalue weighted by molar-refractivity contribution is 5.78. The summed E-state index contributed by atoms with van der Waals surface area (Å²) in [6.07, 6.45) is 4.52. The molecule has 0 aromatic heterocycles. The molecule has 1 fully saturated rings. The predicted molar refractivity (Wildman–Crippen MR) is 82.4 cm³/mol. The number of likely N-dealkylation sites (tertiary alicyclic amines) is 1. The average molecular weight is 274 g/mol. The van der Waals surface area contributed by atoms with Crippen molar-refractivity contribution >= 4 is 5.91 Å². The SMILES string of the molecule is CCCCN1CCC(C(=O)NCc2ccccc2)CC1. The number of unbranched alkanes of at least 4 members (excludes halogenated alkanes) is 1. The molecule has 3 nitrogen and oxygen atoms in total. The van der Waals surface area contributed by atoms with Crippen molar-refractivity contribution in [1.29, 1.82) is 0 Å². The summed E-state index contributed by atoms with van der Waals surface area (Å²) in [7, 11) is 0. The van der Waals surface area contributed by atoms with Crippen molar-refractivity contribution in [3.63, 3.8) is 0 Å². The van der Waals surface area contributed by atoms with E-state index in [-0.39, 0.29) is 11.8 Å². The lowest BCUT2D eigenvalue weighted by atomic mass is 9.95. The Morgan fingerprint density at radius 3 is 2.60 bits per heavy atom. The number of hydrogen-bond donors (Lipinski definition) is 1. The number of carbonyl (C=O) groups excluding carboxylic acids is 1. The summed E-state index contributed by atoms with van der Waals surface area (Å²) < 4.78 is 0. The summed E-state index contributed by atoms with van der Waals surface area (Å²) in [5, 5.41) is 3.07. The minimum atomic E-state index is 0.205. The molecule has 1 aromatic rings. The molecule has 1 amide bonds. The molecule has 3 heteroatoms. The maximum absolute atomic E-state index is 12.2. The Morgan fingerprint density at radius 2 is 1.95 bits per heavy atom. The second-order valence-electron chi connectivity index (χ2n) is 5.67. The van der Waals surface area contributed by atoms with Crippen molar-refractivity contribution in [3.05, 3.63) is 35.9 Å². The van der Waals surface area contributed by atoms with Crippen LogP contribution in [0.2, 0.25) is 0 Å². The second-order valence-corrected chi connectivity index (χ2v) is 5.67. The molecule has 2 rings (SSSR count). The molecular formula is C17H26N2O. The molecular weight excluding hydrogens is 248 g/mol. The molecule has 0 bridgehead atoms. The van der Waals surface area contributed by atoms with Gasteiger partial charge < -0.3 is 10.2 Å². The normalized spacial score (nSPS) is 17.1. The number of carbonyl (C=O) groups is 1. The zero-order chi connectivity index (χ0) is 14.2. The molecule has 0 aliphatic carbocycles. The van der Waals surface area contributed by atoms with E-state index in [4.69, 9.17) is 0 Å². The van der Waals surface area contributed by atoms with Gasteiger partial charge in [-0.1, -0.05) is 43.7 Å². The zero-order valence-corrected chi connectivity index (χ0v) is 12.5. The molecule has 1 saturated heterocycles. The van der Waals surface area contributed by atoms with Crippen LogP contribution in [0.25, 0.3) is 0 Å². The first-order valence-electron chi connectivity index (χ1n) is 7.83. The number of nitrogens with one attached hydrogen (secondary N) is 1. The predicted octanol–water partition coefficient (Wildman–Crippen LogP) is 2.81. The minimum absolute atomic E-state index is 0.205. The molecule has 0 unspecified atom stereocenters. The summed E-state index contributed by atoms with van der Waals surface area (Å²) >= 11 is 0. The van der Waals surface area contributed by atoms with E-state index < -0.39 is 0 Å². The fraction of sp³-hybridized carbons (Fsp3) is 0.588. The fourth-order valence-electron chi connectivity index (χ4n) is 2.73. The highest BCUT2D eigenvalue weighted by Crippen LogP contribution is 2.17. The molecule has 20 heavy (non-hydrogen) atoms. The van der Waals surface area contributed by atoms with Gasteiger partial charge in [-0.15, -0.1) is 0 Å². The lowest BCUT2D eigenvalue weighted by Crippen LogP contribution is -2.40. The monoisotopic (exact) mass is 274 g/mol. The van der Waals surface area contributed by atoms with Crippen molar-refractivity contribution < 1.29 is 4.79 Å². The van der Waals surface area contributed by atoms with Gasteiger partial charge in [0.2, 0.25) is 5.91 Å².